The molecule has 1 atom stereocenters. The second-order valence-electron chi connectivity index (χ2n) is 8.54. The third-order valence-corrected chi connectivity index (χ3v) is 5.46. The number of amides is 1. The summed E-state index contributed by atoms with van der Waals surface area (Å²) >= 11 is 0. The lowest BCUT2D eigenvalue weighted by molar-refractivity contribution is -0.142. The first-order chi connectivity index (χ1) is 14.8. The standard InChI is InChI=1S/C24H43NO6/c1-20(26)18-19-21(24(30)31)25-22(27)16-14-12-10-8-6-4-2-3-5-7-9-11-13-15-17-23(28)29/h21H,2-19H2,1H3,(H,25,27)(H,28,29)(H,30,31)/t21-/m1/s1. The summed E-state index contributed by atoms with van der Waals surface area (Å²) in [5.41, 5.74) is 0. The molecule has 0 rings (SSSR count). The summed E-state index contributed by atoms with van der Waals surface area (Å²) in [6.07, 6.45) is 16.6. The number of carbonyl (C=O) groups excluding carboxylic acids is 2. The number of aliphatic carboxylic acids is 2. The zero-order valence-electron chi connectivity index (χ0n) is 19.3. The van der Waals surface area contributed by atoms with Gasteiger partial charge in [0.15, 0.2) is 0 Å². The topological polar surface area (TPSA) is 121 Å². The van der Waals surface area contributed by atoms with Crippen molar-refractivity contribution in [3.8, 4) is 0 Å². The van der Waals surface area contributed by atoms with Gasteiger partial charge < -0.3 is 20.3 Å². The maximum Gasteiger partial charge on any atom is 0.326 e. The van der Waals surface area contributed by atoms with Crippen LogP contribution in [0.25, 0.3) is 0 Å². The van der Waals surface area contributed by atoms with Crippen LogP contribution in [-0.2, 0) is 19.2 Å². The summed E-state index contributed by atoms with van der Waals surface area (Å²) in [6, 6.07) is -0.978. The minimum absolute atomic E-state index is 0.0783. The highest BCUT2D eigenvalue weighted by Crippen LogP contribution is 2.14. The molecule has 0 aliphatic rings. The van der Waals surface area contributed by atoms with Crippen LogP contribution in [0.2, 0.25) is 0 Å². The fourth-order valence-electron chi connectivity index (χ4n) is 3.55. The van der Waals surface area contributed by atoms with Crippen LogP contribution in [0.15, 0.2) is 0 Å². The molecule has 7 heteroatoms. The van der Waals surface area contributed by atoms with Crippen molar-refractivity contribution in [1.29, 1.82) is 0 Å². The molecule has 0 heterocycles. The Balaban J connectivity index is 3.43. The molecular formula is C24H43NO6. The van der Waals surface area contributed by atoms with Crippen LogP contribution in [0.5, 0.6) is 0 Å². The van der Waals surface area contributed by atoms with Crippen LogP contribution in [0, 0.1) is 0 Å². The van der Waals surface area contributed by atoms with Gasteiger partial charge in [0, 0.05) is 19.3 Å². The van der Waals surface area contributed by atoms with Crippen LogP contribution in [0.3, 0.4) is 0 Å². The highest BCUT2D eigenvalue weighted by atomic mass is 16.4. The Morgan fingerprint density at radius 2 is 1.00 bits per heavy atom. The first-order valence-electron chi connectivity index (χ1n) is 12.1. The number of Topliss-reactive ketones (excluding diaryl/α,β-unsaturated/α-hetero) is 1. The maximum absolute atomic E-state index is 11.9. The molecule has 0 aliphatic heterocycles. The third kappa shape index (κ3) is 21.1. The van der Waals surface area contributed by atoms with Crippen molar-refractivity contribution in [2.24, 2.45) is 0 Å². The number of carboxylic acid groups (broad SMARTS) is 2. The second kappa shape index (κ2) is 20.0. The fourth-order valence-corrected chi connectivity index (χ4v) is 3.55. The average molecular weight is 442 g/mol. The average Bonchev–Trinajstić information content (AvgIpc) is 2.70. The highest BCUT2D eigenvalue weighted by Gasteiger charge is 2.19. The fraction of sp³-hybridized carbons (Fsp3) is 0.833. The van der Waals surface area contributed by atoms with Crippen LogP contribution in [-0.4, -0.2) is 39.9 Å². The molecule has 0 aliphatic carbocycles. The van der Waals surface area contributed by atoms with E-state index in [2.05, 4.69) is 5.32 Å². The van der Waals surface area contributed by atoms with Gasteiger partial charge in [-0.2, -0.15) is 0 Å². The van der Waals surface area contributed by atoms with E-state index in [9.17, 15) is 19.2 Å². The predicted molar refractivity (Wildman–Crippen MR) is 121 cm³/mol. The number of carbonyl (C=O) groups is 4. The van der Waals surface area contributed by atoms with Gasteiger partial charge in [-0.05, 0) is 26.2 Å². The second-order valence-corrected chi connectivity index (χ2v) is 8.54. The Morgan fingerprint density at radius 1 is 0.613 bits per heavy atom. The Hall–Kier alpha value is -1.92. The lowest BCUT2D eigenvalue weighted by Crippen LogP contribution is -2.40. The number of hydrogen-bond acceptors (Lipinski definition) is 4. The highest BCUT2D eigenvalue weighted by molar-refractivity contribution is 5.84. The number of nitrogens with one attached hydrogen (secondary N) is 1. The van der Waals surface area contributed by atoms with Crippen molar-refractivity contribution in [3.05, 3.63) is 0 Å². The Morgan fingerprint density at radius 3 is 1.35 bits per heavy atom. The van der Waals surface area contributed by atoms with E-state index < -0.39 is 18.0 Å². The molecule has 0 fully saturated rings. The summed E-state index contributed by atoms with van der Waals surface area (Å²) in [7, 11) is 0. The predicted octanol–water partition coefficient (Wildman–Crippen LogP) is 5.25. The van der Waals surface area contributed by atoms with E-state index in [1.54, 1.807) is 0 Å². The van der Waals surface area contributed by atoms with Crippen molar-refractivity contribution in [1.82, 2.24) is 5.32 Å². The lowest BCUT2D eigenvalue weighted by Gasteiger charge is -2.13. The Bertz CT molecular complexity index is 520. The molecule has 0 aromatic carbocycles. The molecule has 0 radical (unpaired) electrons. The first kappa shape index (κ1) is 29.1. The maximum atomic E-state index is 11.9. The normalized spacial score (nSPS) is 11.8. The monoisotopic (exact) mass is 441 g/mol. The molecule has 0 aromatic heterocycles. The van der Waals surface area contributed by atoms with E-state index >= 15 is 0 Å². The van der Waals surface area contributed by atoms with Crippen LogP contribution in [0.4, 0.5) is 0 Å². The Labute approximate surface area is 187 Å². The molecule has 31 heavy (non-hydrogen) atoms. The van der Waals surface area contributed by atoms with E-state index in [4.69, 9.17) is 10.2 Å². The minimum atomic E-state index is -1.09. The van der Waals surface area contributed by atoms with Gasteiger partial charge in [0.2, 0.25) is 5.91 Å². The van der Waals surface area contributed by atoms with Gasteiger partial charge in [-0.15, -0.1) is 0 Å². The zero-order chi connectivity index (χ0) is 23.3. The molecule has 0 saturated carbocycles. The largest absolute Gasteiger partial charge is 0.481 e. The molecule has 180 valence electrons. The molecule has 0 bridgehead atoms. The number of ketones is 1. The van der Waals surface area contributed by atoms with Crippen molar-refractivity contribution >= 4 is 23.6 Å². The van der Waals surface area contributed by atoms with E-state index in [1.165, 1.54) is 58.3 Å². The Kier molecular flexibility index (Phi) is 18.8. The summed E-state index contributed by atoms with van der Waals surface area (Å²) < 4.78 is 0. The van der Waals surface area contributed by atoms with Gasteiger partial charge in [-0.1, -0.05) is 77.0 Å². The smallest absolute Gasteiger partial charge is 0.326 e. The van der Waals surface area contributed by atoms with Crippen LogP contribution >= 0.6 is 0 Å². The summed E-state index contributed by atoms with van der Waals surface area (Å²) in [4.78, 5) is 44.4. The van der Waals surface area contributed by atoms with Crippen LogP contribution in [0.1, 0.15) is 122 Å². The molecular weight excluding hydrogens is 398 g/mol. The van der Waals surface area contributed by atoms with E-state index in [0.29, 0.717) is 12.8 Å². The van der Waals surface area contributed by atoms with Gasteiger partial charge in [0.25, 0.3) is 0 Å². The molecule has 7 nitrogen and oxygen atoms in total. The van der Waals surface area contributed by atoms with Crippen molar-refractivity contribution < 1.29 is 29.4 Å². The molecule has 1 amide bonds. The van der Waals surface area contributed by atoms with Crippen molar-refractivity contribution in [2.45, 2.75) is 129 Å². The molecule has 3 N–H and O–H groups in total. The first-order valence-corrected chi connectivity index (χ1v) is 12.1. The minimum Gasteiger partial charge on any atom is -0.481 e. The number of hydrogen-bond donors (Lipinski definition) is 3. The lowest BCUT2D eigenvalue weighted by atomic mass is 10.0. The molecule has 0 aromatic rings. The van der Waals surface area contributed by atoms with Crippen molar-refractivity contribution in [2.75, 3.05) is 0 Å². The molecule has 0 saturated heterocycles. The van der Waals surface area contributed by atoms with Crippen LogP contribution < -0.4 is 5.32 Å². The SMILES string of the molecule is CC(=O)CC[C@@H](NC(=O)CCCCCCCCCCCCCCCCC(=O)O)C(=O)O. The van der Waals surface area contributed by atoms with E-state index in [-0.39, 0.29) is 24.5 Å². The van der Waals surface area contributed by atoms with Gasteiger partial charge in [-0.25, -0.2) is 4.79 Å². The zero-order valence-corrected chi connectivity index (χ0v) is 19.3. The number of rotatable bonds is 22. The summed E-state index contributed by atoms with van der Waals surface area (Å²) in [5, 5.41) is 20.2. The molecule has 0 unspecified atom stereocenters. The van der Waals surface area contributed by atoms with Gasteiger partial charge in [0.1, 0.15) is 11.8 Å². The van der Waals surface area contributed by atoms with Gasteiger partial charge in [0.05, 0.1) is 0 Å². The molecule has 0 spiro atoms. The van der Waals surface area contributed by atoms with Crippen molar-refractivity contribution in [3.63, 3.8) is 0 Å². The quantitative estimate of drug-likeness (QED) is 0.197. The van der Waals surface area contributed by atoms with Gasteiger partial charge >= 0.3 is 11.9 Å². The summed E-state index contributed by atoms with van der Waals surface area (Å²) in [5.74, 6) is -2.12. The summed E-state index contributed by atoms with van der Waals surface area (Å²) in [6.45, 7) is 1.41. The number of carboxylic acids is 2. The number of unbranched alkanes of at least 4 members (excludes halogenated alkanes) is 13. The van der Waals surface area contributed by atoms with E-state index in [1.807, 2.05) is 0 Å². The van der Waals surface area contributed by atoms with E-state index in [0.717, 1.165) is 38.5 Å². The van der Waals surface area contributed by atoms with Gasteiger partial charge in [-0.3, -0.25) is 9.59 Å². The third-order valence-electron chi connectivity index (χ3n) is 5.46.